The van der Waals surface area contributed by atoms with Gasteiger partial charge in [-0.15, -0.1) is 0 Å². The first kappa shape index (κ1) is 26.4. The van der Waals surface area contributed by atoms with Crippen LogP contribution in [0.4, 0.5) is 10.6 Å². The minimum Gasteiger partial charge on any atom is -0.442 e. The van der Waals surface area contributed by atoms with Crippen molar-refractivity contribution in [2.75, 3.05) is 5.32 Å². The van der Waals surface area contributed by atoms with Crippen molar-refractivity contribution in [3.63, 3.8) is 0 Å². The number of nitrogens with zero attached hydrogens (tertiary/aromatic N) is 4. The molecule has 0 radical (unpaired) electrons. The molecule has 0 aliphatic carbocycles. The van der Waals surface area contributed by atoms with Crippen molar-refractivity contribution in [1.29, 1.82) is 0 Å². The molecule has 198 valence electrons. The highest BCUT2D eigenvalue weighted by Gasteiger charge is 2.37. The van der Waals surface area contributed by atoms with Gasteiger partial charge in [-0.05, 0) is 59.4 Å². The van der Waals surface area contributed by atoms with E-state index in [4.69, 9.17) is 4.74 Å². The molecule has 2 N–H and O–H groups in total. The molecule has 4 rings (SSSR count). The second-order valence-electron chi connectivity index (χ2n) is 10.8. The third kappa shape index (κ3) is 5.26. The average Bonchev–Trinajstić information content (AvgIpc) is 3.47. The number of fused-ring (bicyclic) bond motifs is 1. The zero-order valence-corrected chi connectivity index (χ0v) is 22.8. The lowest BCUT2D eigenvalue weighted by Gasteiger charge is -2.34. The summed E-state index contributed by atoms with van der Waals surface area (Å²) in [5.41, 5.74) is 1.78. The maximum atomic E-state index is 13.8. The average molecular weight is 507 g/mol. The monoisotopic (exact) mass is 506 g/mol. The topological polar surface area (TPSA) is 103 Å². The number of anilines is 1. The van der Waals surface area contributed by atoms with Gasteiger partial charge in [-0.25, -0.2) is 9.48 Å². The maximum Gasteiger partial charge on any atom is 0.435 e. The Hall–Kier alpha value is -3.62. The highest BCUT2D eigenvalue weighted by molar-refractivity contribution is 5.99. The van der Waals surface area contributed by atoms with E-state index in [1.807, 2.05) is 64.4 Å². The summed E-state index contributed by atoms with van der Waals surface area (Å²) in [4.78, 5) is 26.4. The van der Waals surface area contributed by atoms with Crippen molar-refractivity contribution in [2.24, 2.45) is 0 Å². The molecule has 1 aliphatic heterocycles. The predicted octanol–water partition coefficient (Wildman–Crippen LogP) is 5.73. The number of nitrogens with one attached hydrogen (secondary N) is 2. The summed E-state index contributed by atoms with van der Waals surface area (Å²) in [6.45, 7) is 13.4. The largest absolute Gasteiger partial charge is 0.442 e. The smallest absolute Gasteiger partial charge is 0.435 e. The van der Waals surface area contributed by atoms with Crippen LogP contribution in [-0.2, 0) is 10.3 Å². The normalized spacial score (nSPS) is 17.6. The number of carbonyl (C=O) groups is 2. The molecule has 1 aromatic carbocycles. The lowest BCUT2D eigenvalue weighted by molar-refractivity contribution is 0.0513. The Balaban J connectivity index is 1.63. The van der Waals surface area contributed by atoms with Gasteiger partial charge in [-0.2, -0.15) is 14.9 Å². The minimum atomic E-state index is -0.713. The third-order valence-electron chi connectivity index (χ3n) is 7.10. The summed E-state index contributed by atoms with van der Waals surface area (Å²) < 4.78 is 8.59. The van der Waals surface area contributed by atoms with E-state index in [1.54, 1.807) is 12.4 Å². The molecular weight excluding hydrogens is 468 g/mol. The van der Waals surface area contributed by atoms with Crippen LogP contribution >= 0.6 is 0 Å². The van der Waals surface area contributed by atoms with Crippen molar-refractivity contribution in [3.05, 3.63) is 65.1 Å². The van der Waals surface area contributed by atoms with Crippen LogP contribution in [0, 0.1) is 6.92 Å². The van der Waals surface area contributed by atoms with Crippen LogP contribution in [0.1, 0.15) is 100 Å². The van der Waals surface area contributed by atoms with Gasteiger partial charge in [0.2, 0.25) is 0 Å². The second kappa shape index (κ2) is 10.0. The fourth-order valence-electron chi connectivity index (χ4n) is 5.07. The van der Waals surface area contributed by atoms with E-state index >= 15 is 0 Å². The number of benzene rings is 1. The number of aromatic nitrogens is 4. The number of rotatable bonds is 6. The molecule has 0 bridgehead atoms. The summed E-state index contributed by atoms with van der Waals surface area (Å²) in [6.07, 6.45) is 4.87. The zero-order chi connectivity index (χ0) is 27.0. The van der Waals surface area contributed by atoms with E-state index < -0.39 is 17.2 Å². The molecule has 2 atom stereocenters. The molecule has 2 unspecified atom stereocenters. The van der Waals surface area contributed by atoms with E-state index in [0.29, 0.717) is 29.9 Å². The number of carbonyl (C=O) groups excluding carboxylic acids is 2. The molecule has 1 amide bonds. The van der Waals surface area contributed by atoms with Crippen molar-refractivity contribution in [3.8, 4) is 0 Å². The van der Waals surface area contributed by atoms with Crippen LogP contribution in [0.15, 0.2) is 42.7 Å². The van der Waals surface area contributed by atoms with Gasteiger partial charge in [0.05, 0.1) is 29.5 Å². The lowest BCUT2D eigenvalue weighted by atomic mass is 9.84. The second-order valence-corrected chi connectivity index (χ2v) is 10.8. The van der Waals surface area contributed by atoms with E-state index in [9.17, 15) is 9.59 Å². The number of ether oxygens (including phenoxy) is 1. The SMILES string of the molecule is CCC(CC)(NC(=O)c1cnn2c1NC(c1ccccc1)CC2C)c1cn(C(=O)OC(C)(C)C)nc1C. The van der Waals surface area contributed by atoms with E-state index in [1.165, 1.54) is 10.2 Å². The van der Waals surface area contributed by atoms with Gasteiger partial charge in [0, 0.05) is 11.8 Å². The van der Waals surface area contributed by atoms with Gasteiger partial charge in [-0.1, -0.05) is 44.2 Å². The van der Waals surface area contributed by atoms with E-state index in [2.05, 4.69) is 39.9 Å². The Morgan fingerprint density at radius 1 is 1.16 bits per heavy atom. The molecule has 9 nitrogen and oxygen atoms in total. The summed E-state index contributed by atoms with van der Waals surface area (Å²) in [5.74, 6) is 0.496. The van der Waals surface area contributed by atoms with Gasteiger partial charge < -0.3 is 15.4 Å². The van der Waals surface area contributed by atoms with Crippen molar-refractivity contribution >= 4 is 17.8 Å². The Morgan fingerprint density at radius 3 is 2.46 bits per heavy atom. The summed E-state index contributed by atoms with van der Waals surface area (Å²) >= 11 is 0. The lowest BCUT2D eigenvalue weighted by Crippen LogP contribution is -2.45. The molecular formula is C28H38N6O3. The van der Waals surface area contributed by atoms with Crippen LogP contribution < -0.4 is 10.6 Å². The molecule has 2 aromatic heterocycles. The Labute approximate surface area is 218 Å². The molecule has 37 heavy (non-hydrogen) atoms. The third-order valence-corrected chi connectivity index (χ3v) is 7.10. The highest BCUT2D eigenvalue weighted by Crippen LogP contribution is 2.37. The van der Waals surface area contributed by atoms with E-state index in [0.717, 1.165) is 12.0 Å². The first-order chi connectivity index (χ1) is 17.5. The molecule has 0 saturated heterocycles. The van der Waals surface area contributed by atoms with Crippen LogP contribution in [0.5, 0.6) is 0 Å². The van der Waals surface area contributed by atoms with Crippen LogP contribution in [0.25, 0.3) is 0 Å². The quantitative estimate of drug-likeness (QED) is 0.442. The fraction of sp³-hybridized carbons (Fsp3) is 0.500. The Bertz CT molecular complexity index is 1270. The molecule has 0 spiro atoms. The number of aryl methyl sites for hydroxylation is 1. The van der Waals surface area contributed by atoms with Gasteiger partial charge in [0.1, 0.15) is 17.0 Å². The molecule has 1 aliphatic rings. The van der Waals surface area contributed by atoms with Crippen molar-refractivity contribution < 1.29 is 14.3 Å². The molecule has 3 heterocycles. The van der Waals surface area contributed by atoms with Crippen molar-refractivity contribution in [1.82, 2.24) is 24.9 Å². The van der Waals surface area contributed by atoms with Crippen LogP contribution in [0.2, 0.25) is 0 Å². The highest BCUT2D eigenvalue weighted by atomic mass is 16.6. The first-order valence-corrected chi connectivity index (χ1v) is 13.0. The molecule has 0 saturated carbocycles. The first-order valence-electron chi connectivity index (χ1n) is 13.0. The number of hydrogen-bond acceptors (Lipinski definition) is 6. The van der Waals surface area contributed by atoms with E-state index in [-0.39, 0.29) is 18.0 Å². The van der Waals surface area contributed by atoms with Gasteiger partial charge in [-0.3, -0.25) is 4.79 Å². The van der Waals surface area contributed by atoms with Crippen LogP contribution in [-0.4, -0.2) is 37.2 Å². The summed E-state index contributed by atoms with van der Waals surface area (Å²) in [6, 6.07) is 10.5. The Kier molecular flexibility index (Phi) is 7.17. The van der Waals surface area contributed by atoms with Gasteiger partial charge in [0.25, 0.3) is 5.91 Å². The summed E-state index contributed by atoms with van der Waals surface area (Å²) in [7, 11) is 0. The zero-order valence-electron chi connectivity index (χ0n) is 22.8. The fourth-order valence-corrected chi connectivity index (χ4v) is 5.07. The van der Waals surface area contributed by atoms with Gasteiger partial charge in [0.15, 0.2) is 0 Å². The predicted molar refractivity (Wildman–Crippen MR) is 143 cm³/mol. The maximum absolute atomic E-state index is 13.8. The number of amides is 1. The standard InChI is InChI=1S/C28H38N6O3/c1-8-28(9-2,22-17-33(32-19(22)4)26(36)37-27(5,6)7)31-25(35)21-16-29-34-18(3)15-23(30-24(21)34)20-13-11-10-12-14-20/h10-14,16-18,23,30H,8-9,15H2,1-7H3,(H,31,35). The molecule has 0 fully saturated rings. The van der Waals surface area contributed by atoms with Crippen LogP contribution in [0.3, 0.4) is 0 Å². The number of hydrogen-bond donors (Lipinski definition) is 2. The van der Waals surface area contributed by atoms with Gasteiger partial charge >= 0.3 is 6.09 Å². The summed E-state index contributed by atoms with van der Waals surface area (Å²) in [5, 5.41) is 15.8. The van der Waals surface area contributed by atoms with Crippen molar-refractivity contribution in [2.45, 2.75) is 91.0 Å². The molecule has 3 aromatic rings. The minimum absolute atomic E-state index is 0.0864. The Morgan fingerprint density at radius 2 is 1.84 bits per heavy atom. The molecule has 9 heteroatoms.